The Balaban J connectivity index is 2.03. The molecule has 0 amide bonds. The molecule has 1 aromatic heterocycles. The molecule has 3 rings (SSSR count). The van der Waals surface area contributed by atoms with E-state index in [2.05, 4.69) is 20.9 Å². The van der Waals surface area contributed by atoms with Crippen molar-refractivity contribution in [3.05, 3.63) is 38.6 Å². The summed E-state index contributed by atoms with van der Waals surface area (Å²) in [5, 5.41) is 11.6. The lowest BCUT2D eigenvalue weighted by molar-refractivity contribution is 0.471. The second-order valence-electron chi connectivity index (χ2n) is 5.16. The average molecular weight is 354 g/mol. The van der Waals surface area contributed by atoms with Crippen LogP contribution in [-0.2, 0) is 6.42 Å². The van der Waals surface area contributed by atoms with E-state index in [0.717, 1.165) is 16.6 Å². The van der Waals surface area contributed by atoms with Crippen LogP contribution < -0.4 is 5.56 Å². The van der Waals surface area contributed by atoms with Gasteiger partial charge in [-0.05, 0) is 43.2 Å². The highest BCUT2D eigenvalue weighted by Gasteiger charge is 2.19. The first kappa shape index (κ1) is 14.0. The molecule has 3 nitrogen and oxygen atoms in total. The van der Waals surface area contributed by atoms with E-state index in [0.29, 0.717) is 28.1 Å². The van der Waals surface area contributed by atoms with Crippen molar-refractivity contribution in [1.82, 2.24) is 4.98 Å². The zero-order valence-electron chi connectivity index (χ0n) is 11.0. The Morgan fingerprint density at radius 3 is 3.00 bits per heavy atom. The van der Waals surface area contributed by atoms with Gasteiger partial charge in [0.1, 0.15) is 5.75 Å². The highest BCUT2D eigenvalue weighted by atomic mass is 79.9. The lowest BCUT2D eigenvalue weighted by atomic mass is 10.0. The number of nitrogens with one attached hydrogen (secondary N) is 1. The molecule has 0 spiro atoms. The van der Waals surface area contributed by atoms with Crippen LogP contribution in [0.1, 0.15) is 24.8 Å². The second kappa shape index (κ2) is 5.82. The first-order valence-electron chi connectivity index (χ1n) is 6.80. The molecule has 1 saturated heterocycles. The summed E-state index contributed by atoms with van der Waals surface area (Å²) in [6.07, 6.45) is 4.25. The minimum Gasteiger partial charge on any atom is -0.507 e. The number of aromatic amines is 1. The molecule has 0 radical (unpaired) electrons. The van der Waals surface area contributed by atoms with Crippen LogP contribution >= 0.6 is 27.7 Å². The molecule has 106 valence electrons. The number of aromatic hydroxyl groups is 1. The number of aromatic nitrogens is 1. The Hall–Kier alpha value is -0.940. The van der Waals surface area contributed by atoms with Crippen LogP contribution in [-0.4, -0.2) is 21.1 Å². The smallest absolute Gasteiger partial charge is 0.255 e. The highest BCUT2D eigenvalue weighted by molar-refractivity contribution is 9.10. The number of thioether (sulfide) groups is 1. The molecule has 20 heavy (non-hydrogen) atoms. The summed E-state index contributed by atoms with van der Waals surface area (Å²) >= 11 is 5.31. The molecule has 1 aliphatic rings. The number of rotatable bonds is 2. The van der Waals surface area contributed by atoms with Crippen molar-refractivity contribution < 1.29 is 5.11 Å². The summed E-state index contributed by atoms with van der Waals surface area (Å²) in [5.74, 6) is 1.29. The molecule has 2 heterocycles. The van der Waals surface area contributed by atoms with E-state index < -0.39 is 0 Å². The fraction of sp³-hybridized carbons (Fsp3) is 0.400. The highest BCUT2D eigenvalue weighted by Crippen LogP contribution is 2.32. The molecule has 0 saturated carbocycles. The Morgan fingerprint density at radius 1 is 1.40 bits per heavy atom. The van der Waals surface area contributed by atoms with E-state index in [9.17, 15) is 9.90 Å². The Bertz CT molecular complexity index is 692. The first-order chi connectivity index (χ1) is 9.65. The molecular weight excluding hydrogens is 338 g/mol. The zero-order chi connectivity index (χ0) is 14.1. The molecule has 5 heteroatoms. The Kier molecular flexibility index (Phi) is 4.08. The summed E-state index contributed by atoms with van der Waals surface area (Å²) in [5.41, 5.74) is 1.04. The van der Waals surface area contributed by atoms with E-state index >= 15 is 0 Å². The fourth-order valence-corrected chi connectivity index (χ4v) is 4.36. The van der Waals surface area contributed by atoms with E-state index in [4.69, 9.17) is 0 Å². The number of hydrogen-bond donors (Lipinski definition) is 2. The third-order valence-corrected chi connectivity index (χ3v) is 5.64. The van der Waals surface area contributed by atoms with E-state index in [-0.39, 0.29) is 11.3 Å². The maximum Gasteiger partial charge on any atom is 0.255 e. The van der Waals surface area contributed by atoms with Crippen molar-refractivity contribution in [2.75, 3.05) is 5.75 Å². The van der Waals surface area contributed by atoms with Crippen molar-refractivity contribution in [2.24, 2.45) is 0 Å². The van der Waals surface area contributed by atoms with Gasteiger partial charge in [-0.3, -0.25) is 4.79 Å². The van der Waals surface area contributed by atoms with Gasteiger partial charge in [-0.1, -0.05) is 22.4 Å². The molecule has 2 aromatic rings. The predicted molar refractivity (Wildman–Crippen MR) is 87.7 cm³/mol. The third-order valence-electron chi connectivity index (χ3n) is 3.75. The monoisotopic (exact) mass is 353 g/mol. The topological polar surface area (TPSA) is 53.1 Å². The standard InChI is InChI=1S/C15H16BrNO2S/c16-9-4-5-13-11(7-9)14(18)12(15(19)17-13)8-10-3-1-2-6-20-10/h4-5,7,10H,1-3,6,8H2,(H2,17,18,19). The van der Waals surface area contributed by atoms with Gasteiger partial charge in [-0.25, -0.2) is 0 Å². The lowest BCUT2D eigenvalue weighted by Gasteiger charge is -2.21. The van der Waals surface area contributed by atoms with Gasteiger partial charge in [0.15, 0.2) is 0 Å². The molecule has 0 bridgehead atoms. The van der Waals surface area contributed by atoms with Crippen LogP contribution in [0.4, 0.5) is 0 Å². The Morgan fingerprint density at radius 2 is 2.25 bits per heavy atom. The van der Waals surface area contributed by atoms with Gasteiger partial charge in [0.25, 0.3) is 5.56 Å². The molecule has 1 fully saturated rings. The summed E-state index contributed by atoms with van der Waals surface area (Å²) < 4.78 is 0.894. The molecule has 0 aliphatic carbocycles. The molecular formula is C15H16BrNO2S. The van der Waals surface area contributed by atoms with Crippen LogP contribution in [0.5, 0.6) is 5.75 Å². The van der Waals surface area contributed by atoms with Gasteiger partial charge in [0, 0.05) is 15.1 Å². The van der Waals surface area contributed by atoms with Gasteiger partial charge in [-0.15, -0.1) is 0 Å². The maximum atomic E-state index is 12.2. The van der Waals surface area contributed by atoms with E-state index in [1.165, 1.54) is 12.8 Å². The average Bonchev–Trinajstić information content (AvgIpc) is 2.46. The zero-order valence-corrected chi connectivity index (χ0v) is 13.4. The molecule has 1 atom stereocenters. The van der Waals surface area contributed by atoms with Gasteiger partial charge in [-0.2, -0.15) is 11.8 Å². The lowest BCUT2D eigenvalue weighted by Crippen LogP contribution is -2.20. The van der Waals surface area contributed by atoms with Crippen LogP contribution in [0, 0.1) is 0 Å². The summed E-state index contributed by atoms with van der Waals surface area (Å²) in [7, 11) is 0. The molecule has 1 aliphatic heterocycles. The number of H-pyrrole nitrogens is 1. The number of halogens is 1. The summed E-state index contributed by atoms with van der Waals surface area (Å²) in [6.45, 7) is 0. The van der Waals surface area contributed by atoms with Crippen LogP contribution in [0.25, 0.3) is 10.9 Å². The number of fused-ring (bicyclic) bond motifs is 1. The quantitative estimate of drug-likeness (QED) is 0.862. The van der Waals surface area contributed by atoms with Crippen molar-refractivity contribution >= 4 is 38.6 Å². The number of hydrogen-bond acceptors (Lipinski definition) is 3. The number of pyridine rings is 1. The summed E-state index contributed by atoms with van der Waals surface area (Å²) in [4.78, 5) is 15.0. The van der Waals surface area contributed by atoms with Crippen LogP contribution in [0.2, 0.25) is 0 Å². The normalized spacial score (nSPS) is 19.4. The largest absolute Gasteiger partial charge is 0.507 e. The predicted octanol–water partition coefficient (Wildman–Crippen LogP) is 3.82. The van der Waals surface area contributed by atoms with E-state index in [1.54, 1.807) is 6.07 Å². The minimum atomic E-state index is -0.163. The molecule has 1 aromatic carbocycles. The van der Waals surface area contributed by atoms with Crippen molar-refractivity contribution in [2.45, 2.75) is 30.9 Å². The molecule has 2 N–H and O–H groups in total. The maximum absolute atomic E-state index is 12.2. The van der Waals surface area contributed by atoms with Gasteiger partial charge in [0.2, 0.25) is 0 Å². The van der Waals surface area contributed by atoms with Crippen LogP contribution in [0.3, 0.4) is 0 Å². The SMILES string of the molecule is O=c1[nH]c2ccc(Br)cc2c(O)c1CC1CCCCS1. The third kappa shape index (κ3) is 2.74. The van der Waals surface area contributed by atoms with Crippen LogP contribution in [0.15, 0.2) is 27.5 Å². The second-order valence-corrected chi connectivity index (χ2v) is 7.49. The van der Waals surface area contributed by atoms with Gasteiger partial charge in [0.05, 0.1) is 11.1 Å². The molecule has 1 unspecified atom stereocenters. The fourth-order valence-electron chi connectivity index (χ4n) is 2.67. The Labute approximate surface area is 129 Å². The first-order valence-corrected chi connectivity index (χ1v) is 8.64. The van der Waals surface area contributed by atoms with Gasteiger partial charge < -0.3 is 10.1 Å². The summed E-state index contributed by atoms with van der Waals surface area (Å²) in [6, 6.07) is 5.51. The minimum absolute atomic E-state index is 0.135. The van der Waals surface area contributed by atoms with E-state index in [1.807, 2.05) is 23.9 Å². The van der Waals surface area contributed by atoms with Gasteiger partial charge >= 0.3 is 0 Å². The van der Waals surface area contributed by atoms with Crippen molar-refractivity contribution in [1.29, 1.82) is 0 Å². The van der Waals surface area contributed by atoms with Crippen molar-refractivity contribution in [3.8, 4) is 5.75 Å². The van der Waals surface area contributed by atoms with Crippen molar-refractivity contribution in [3.63, 3.8) is 0 Å². The number of benzene rings is 1.